The fourth-order valence-corrected chi connectivity index (χ4v) is 1.70. The molecule has 1 atom stereocenters. The van der Waals surface area contributed by atoms with E-state index in [4.69, 9.17) is 5.11 Å². The molecule has 2 heteroatoms. The molecule has 0 amide bonds. The van der Waals surface area contributed by atoms with Crippen molar-refractivity contribution in [2.24, 2.45) is 0 Å². The van der Waals surface area contributed by atoms with Crippen LogP contribution in [0.15, 0.2) is 36.4 Å². The molecule has 0 aromatic heterocycles. The first-order chi connectivity index (χ1) is 8.20. The maximum absolute atomic E-state index is 9.01. The van der Waals surface area contributed by atoms with Crippen LogP contribution in [0, 0.1) is 0 Å². The van der Waals surface area contributed by atoms with E-state index in [-0.39, 0.29) is 12.1 Å². The summed E-state index contributed by atoms with van der Waals surface area (Å²) in [4.78, 5) is 0. The SMILES string of the molecule is CCC(C)(CCO)NC/C=C/c1ccccc1. The third-order valence-electron chi connectivity index (χ3n) is 3.20. The van der Waals surface area contributed by atoms with Gasteiger partial charge < -0.3 is 10.4 Å². The van der Waals surface area contributed by atoms with E-state index in [2.05, 4.69) is 43.4 Å². The molecule has 0 aliphatic rings. The van der Waals surface area contributed by atoms with Gasteiger partial charge in [-0.25, -0.2) is 0 Å². The Bertz CT molecular complexity index is 334. The number of rotatable bonds is 7. The van der Waals surface area contributed by atoms with Crippen molar-refractivity contribution < 1.29 is 5.11 Å². The molecule has 0 radical (unpaired) electrons. The topological polar surface area (TPSA) is 32.3 Å². The quantitative estimate of drug-likeness (QED) is 0.759. The van der Waals surface area contributed by atoms with Crippen LogP contribution in [-0.4, -0.2) is 23.8 Å². The van der Waals surface area contributed by atoms with Crippen LogP contribution in [0.25, 0.3) is 6.08 Å². The third-order valence-corrected chi connectivity index (χ3v) is 3.20. The Kier molecular flexibility index (Phi) is 5.95. The summed E-state index contributed by atoms with van der Waals surface area (Å²) in [6.45, 7) is 5.36. The standard InChI is InChI=1S/C15H23NO/c1-3-15(2,11-13-17)16-12-7-10-14-8-5-4-6-9-14/h4-10,16-17H,3,11-13H2,1-2H3/b10-7+. The third kappa shape index (κ3) is 5.16. The molecular weight excluding hydrogens is 210 g/mol. The number of hydrogen-bond donors (Lipinski definition) is 2. The highest BCUT2D eigenvalue weighted by Gasteiger charge is 2.19. The van der Waals surface area contributed by atoms with Crippen molar-refractivity contribution in [3.8, 4) is 0 Å². The first kappa shape index (κ1) is 13.9. The van der Waals surface area contributed by atoms with Crippen LogP contribution in [0.5, 0.6) is 0 Å². The van der Waals surface area contributed by atoms with Gasteiger partial charge in [0.2, 0.25) is 0 Å². The Morgan fingerprint density at radius 1 is 1.29 bits per heavy atom. The van der Waals surface area contributed by atoms with Crippen molar-refractivity contribution in [1.82, 2.24) is 5.32 Å². The molecule has 0 aliphatic carbocycles. The average Bonchev–Trinajstić information content (AvgIpc) is 2.36. The molecule has 1 aromatic rings. The molecule has 0 spiro atoms. The van der Waals surface area contributed by atoms with E-state index in [0.29, 0.717) is 0 Å². The largest absolute Gasteiger partial charge is 0.396 e. The van der Waals surface area contributed by atoms with E-state index in [0.717, 1.165) is 19.4 Å². The number of benzene rings is 1. The zero-order valence-corrected chi connectivity index (χ0v) is 10.8. The Balaban J connectivity index is 2.39. The highest BCUT2D eigenvalue weighted by molar-refractivity contribution is 5.48. The highest BCUT2D eigenvalue weighted by atomic mass is 16.3. The van der Waals surface area contributed by atoms with E-state index in [1.165, 1.54) is 5.56 Å². The summed E-state index contributed by atoms with van der Waals surface area (Å²) in [5, 5.41) is 12.5. The number of aliphatic hydroxyl groups excluding tert-OH is 1. The normalized spacial score (nSPS) is 15.0. The molecule has 0 heterocycles. The fraction of sp³-hybridized carbons (Fsp3) is 0.467. The van der Waals surface area contributed by atoms with Crippen LogP contribution in [0.4, 0.5) is 0 Å². The minimum absolute atomic E-state index is 0.0375. The van der Waals surface area contributed by atoms with Crippen molar-refractivity contribution in [3.05, 3.63) is 42.0 Å². The number of aliphatic hydroxyl groups is 1. The van der Waals surface area contributed by atoms with E-state index < -0.39 is 0 Å². The number of nitrogens with one attached hydrogen (secondary N) is 1. The van der Waals surface area contributed by atoms with Gasteiger partial charge in [0, 0.05) is 18.7 Å². The predicted molar refractivity (Wildman–Crippen MR) is 73.9 cm³/mol. The molecule has 0 bridgehead atoms. The molecule has 17 heavy (non-hydrogen) atoms. The van der Waals surface area contributed by atoms with Crippen LogP contribution in [0.1, 0.15) is 32.3 Å². The maximum Gasteiger partial charge on any atom is 0.0448 e. The molecule has 1 rings (SSSR count). The van der Waals surface area contributed by atoms with Gasteiger partial charge in [-0.1, -0.05) is 49.4 Å². The molecule has 1 unspecified atom stereocenters. The molecule has 94 valence electrons. The van der Waals surface area contributed by atoms with Gasteiger partial charge in [-0.3, -0.25) is 0 Å². The summed E-state index contributed by atoms with van der Waals surface area (Å²) in [6, 6.07) is 10.3. The lowest BCUT2D eigenvalue weighted by Gasteiger charge is -2.28. The summed E-state index contributed by atoms with van der Waals surface area (Å²) in [6.07, 6.45) is 6.05. The molecule has 1 aromatic carbocycles. The molecule has 2 N–H and O–H groups in total. The lowest BCUT2D eigenvalue weighted by Crippen LogP contribution is -2.42. The van der Waals surface area contributed by atoms with Crippen molar-refractivity contribution in [3.63, 3.8) is 0 Å². The van der Waals surface area contributed by atoms with E-state index >= 15 is 0 Å². The molecule has 0 fully saturated rings. The molecule has 0 aliphatic heterocycles. The van der Waals surface area contributed by atoms with Gasteiger partial charge in [-0.05, 0) is 25.3 Å². The zero-order chi connectivity index (χ0) is 12.6. The summed E-state index contributed by atoms with van der Waals surface area (Å²) in [7, 11) is 0. The zero-order valence-electron chi connectivity index (χ0n) is 10.8. The smallest absolute Gasteiger partial charge is 0.0448 e. The minimum Gasteiger partial charge on any atom is -0.396 e. The van der Waals surface area contributed by atoms with Crippen LogP contribution in [0.3, 0.4) is 0 Å². The first-order valence-electron chi connectivity index (χ1n) is 6.27. The average molecular weight is 233 g/mol. The fourth-order valence-electron chi connectivity index (χ4n) is 1.70. The summed E-state index contributed by atoms with van der Waals surface area (Å²) in [5.41, 5.74) is 1.25. The second-order valence-corrected chi connectivity index (χ2v) is 4.58. The van der Waals surface area contributed by atoms with Crippen molar-refractivity contribution in [2.75, 3.05) is 13.2 Å². The van der Waals surface area contributed by atoms with Crippen LogP contribution >= 0.6 is 0 Å². The van der Waals surface area contributed by atoms with Gasteiger partial charge in [0.05, 0.1) is 0 Å². The Labute approximate surface area is 104 Å². The van der Waals surface area contributed by atoms with E-state index in [1.807, 2.05) is 18.2 Å². The summed E-state index contributed by atoms with van der Waals surface area (Å²) in [5.74, 6) is 0. The molecule has 0 saturated carbocycles. The van der Waals surface area contributed by atoms with Gasteiger partial charge in [0.1, 0.15) is 0 Å². The van der Waals surface area contributed by atoms with Gasteiger partial charge in [-0.2, -0.15) is 0 Å². The van der Waals surface area contributed by atoms with Gasteiger partial charge >= 0.3 is 0 Å². The summed E-state index contributed by atoms with van der Waals surface area (Å²) >= 11 is 0. The lowest BCUT2D eigenvalue weighted by atomic mass is 9.95. The van der Waals surface area contributed by atoms with Gasteiger partial charge in [0.25, 0.3) is 0 Å². The lowest BCUT2D eigenvalue weighted by molar-refractivity contribution is 0.220. The Morgan fingerprint density at radius 2 is 2.00 bits per heavy atom. The molecular formula is C15H23NO. The number of hydrogen-bond acceptors (Lipinski definition) is 2. The molecule has 2 nitrogen and oxygen atoms in total. The van der Waals surface area contributed by atoms with E-state index in [9.17, 15) is 0 Å². The van der Waals surface area contributed by atoms with Gasteiger partial charge in [0.15, 0.2) is 0 Å². The van der Waals surface area contributed by atoms with Gasteiger partial charge in [-0.15, -0.1) is 0 Å². The second kappa shape index (κ2) is 7.25. The highest BCUT2D eigenvalue weighted by Crippen LogP contribution is 2.13. The second-order valence-electron chi connectivity index (χ2n) is 4.58. The van der Waals surface area contributed by atoms with Crippen LogP contribution in [-0.2, 0) is 0 Å². The minimum atomic E-state index is 0.0375. The predicted octanol–water partition coefficient (Wildman–Crippen LogP) is 2.84. The molecule has 0 saturated heterocycles. The monoisotopic (exact) mass is 233 g/mol. The first-order valence-corrected chi connectivity index (χ1v) is 6.27. The summed E-state index contributed by atoms with van der Waals surface area (Å²) < 4.78 is 0. The van der Waals surface area contributed by atoms with Crippen LogP contribution < -0.4 is 5.32 Å². The Hall–Kier alpha value is -1.12. The van der Waals surface area contributed by atoms with Crippen LogP contribution in [0.2, 0.25) is 0 Å². The van der Waals surface area contributed by atoms with Crippen molar-refractivity contribution in [1.29, 1.82) is 0 Å². The van der Waals surface area contributed by atoms with Crippen molar-refractivity contribution >= 4 is 6.08 Å². The maximum atomic E-state index is 9.01. The van der Waals surface area contributed by atoms with E-state index in [1.54, 1.807) is 0 Å². The Morgan fingerprint density at radius 3 is 2.59 bits per heavy atom. The van der Waals surface area contributed by atoms with Crippen molar-refractivity contribution in [2.45, 2.75) is 32.2 Å².